The summed E-state index contributed by atoms with van der Waals surface area (Å²) in [6.07, 6.45) is -3.68. The first-order valence-corrected chi connectivity index (χ1v) is 10.8. The van der Waals surface area contributed by atoms with Gasteiger partial charge in [-0.15, -0.1) is 0 Å². The molecule has 1 aromatic heterocycles. The van der Waals surface area contributed by atoms with Gasteiger partial charge in [-0.2, -0.15) is 18.3 Å². The third kappa shape index (κ3) is 4.94. The SMILES string of the molecule is CCCc1cc(CN(C)C(=O)CC2(c3cccc(C(F)(F)F)c3)CC(=O)N(CC)C2=O)[nH]n1. The van der Waals surface area contributed by atoms with E-state index in [1.165, 1.54) is 17.0 Å². The molecule has 33 heavy (non-hydrogen) atoms. The zero-order chi connectivity index (χ0) is 24.4. The molecule has 0 aliphatic carbocycles. The number of hydrogen-bond acceptors (Lipinski definition) is 4. The van der Waals surface area contributed by atoms with E-state index >= 15 is 0 Å². The van der Waals surface area contributed by atoms with Crippen LogP contribution in [0.5, 0.6) is 0 Å². The van der Waals surface area contributed by atoms with Crippen molar-refractivity contribution in [2.24, 2.45) is 0 Å². The maximum Gasteiger partial charge on any atom is 0.416 e. The number of carbonyl (C=O) groups excluding carboxylic acids is 3. The van der Waals surface area contributed by atoms with E-state index in [1.807, 2.05) is 13.0 Å². The summed E-state index contributed by atoms with van der Waals surface area (Å²) in [5.41, 5.74) is -1.03. The molecule has 0 saturated carbocycles. The Morgan fingerprint density at radius 2 is 1.97 bits per heavy atom. The van der Waals surface area contributed by atoms with Crippen LogP contribution >= 0.6 is 0 Å². The number of alkyl halides is 3. The highest BCUT2D eigenvalue weighted by molar-refractivity contribution is 6.10. The van der Waals surface area contributed by atoms with E-state index in [-0.39, 0.29) is 25.1 Å². The number of nitrogens with one attached hydrogen (secondary N) is 1. The second-order valence-electron chi connectivity index (χ2n) is 8.34. The van der Waals surface area contributed by atoms with Gasteiger partial charge < -0.3 is 4.90 Å². The number of aromatic nitrogens is 2. The van der Waals surface area contributed by atoms with E-state index in [0.29, 0.717) is 5.69 Å². The van der Waals surface area contributed by atoms with Gasteiger partial charge in [0.2, 0.25) is 17.7 Å². The van der Waals surface area contributed by atoms with Gasteiger partial charge in [0.15, 0.2) is 0 Å². The molecule has 3 amide bonds. The molecule has 0 bridgehead atoms. The van der Waals surface area contributed by atoms with Gasteiger partial charge in [0.1, 0.15) is 0 Å². The van der Waals surface area contributed by atoms with Crippen LogP contribution in [0.15, 0.2) is 30.3 Å². The van der Waals surface area contributed by atoms with E-state index in [0.717, 1.165) is 35.6 Å². The molecule has 10 heteroatoms. The molecule has 1 saturated heterocycles. The lowest BCUT2D eigenvalue weighted by atomic mass is 9.75. The van der Waals surface area contributed by atoms with Gasteiger partial charge in [0.05, 0.1) is 28.9 Å². The van der Waals surface area contributed by atoms with Crippen molar-refractivity contribution in [3.05, 3.63) is 52.8 Å². The second-order valence-corrected chi connectivity index (χ2v) is 8.34. The standard InChI is InChI=1S/C23H27F3N4O3/c1-4-7-17-11-18(28-27-17)14-29(3)19(31)12-22(13-20(32)30(5-2)21(22)33)15-8-6-9-16(10-15)23(24,25)26/h6,8-11H,4-5,7,12-14H2,1-3H3,(H,27,28). The molecule has 178 valence electrons. The lowest BCUT2D eigenvalue weighted by molar-refractivity contribution is -0.142. The molecule has 3 rings (SSSR count). The van der Waals surface area contributed by atoms with Crippen molar-refractivity contribution >= 4 is 17.7 Å². The van der Waals surface area contributed by atoms with Gasteiger partial charge in [-0.25, -0.2) is 0 Å². The normalized spacial score (nSPS) is 18.8. The van der Waals surface area contributed by atoms with Crippen LogP contribution < -0.4 is 0 Å². The van der Waals surface area contributed by atoms with E-state index in [9.17, 15) is 27.6 Å². The topological polar surface area (TPSA) is 86.4 Å². The lowest BCUT2D eigenvalue weighted by Crippen LogP contribution is -2.42. The molecule has 1 aliphatic heterocycles. The Hall–Kier alpha value is -3.17. The van der Waals surface area contributed by atoms with E-state index < -0.39 is 41.3 Å². The molecule has 2 heterocycles. The summed E-state index contributed by atoms with van der Waals surface area (Å²) in [6, 6.07) is 6.18. The number of H-pyrrole nitrogens is 1. The molecule has 1 N–H and O–H groups in total. The van der Waals surface area contributed by atoms with Gasteiger partial charge >= 0.3 is 6.18 Å². The number of hydrogen-bond donors (Lipinski definition) is 1. The second kappa shape index (κ2) is 9.36. The predicted molar refractivity (Wildman–Crippen MR) is 114 cm³/mol. The van der Waals surface area contributed by atoms with Crippen molar-refractivity contribution in [1.29, 1.82) is 0 Å². The third-order valence-corrected chi connectivity index (χ3v) is 5.94. The van der Waals surface area contributed by atoms with Crippen LogP contribution in [0.3, 0.4) is 0 Å². The first kappa shape index (κ1) is 24.5. The highest BCUT2D eigenvalue weighted by atomic mass is 19.4. The minimum Gasteiger partial charge on any atom is -0.340 e. The molecule has 1 aliphatic rings. The number of carbonyl (C=O) groups is 3. The molecule has 1 atom stereocenters. The van der Waals surface area contributed by atoms with Crippen molar-refractivity contribution in [1.82, 2.24) is 20.0 Å². The lowest BCUT2D eigenvalue weighted by Gasteiger charge is -2.29. The Morgan fingerprint density at radius 1 is 1.24 bits per heavy atom. The summed E-state index contributed by atoms with van der Waals surface area (Å²) < 4.78 is 40.0. The summed E-state index contributed by atoms with van der Waals surface area (Å²) >= 11 is 0. The Bertz CT molecular complexity index is 1050. The number of aromatic amines is 1. The van der Waals surface area contributed by atoms with Gasteiger partial charge in [0.25, 0.3) is 0 Å². The van der Waals surface area contributed by atoms with Crippen LogP contribution in [0.4, 0.5) is 13.2 Å². The number of likely N-dealkylation sites (tertiary alicyclic amines) is 1. The third-order valence-electron chi connectivity index (χ3n) is 5.94. The maximum absolute atomic E-state index is 13.3. The smallest absolute Gasteiger partial charge is 0.340 e. The molecule has 1 fully saturated rings. The minimum absolute atomic E-state index is 0.0140. The zero-order valence-corrected chi connectivity index (χ0v) is 18.8. The zero-order valence-electron chi connectivity index (χ0n) is 18.8. The van der Waals surface area contributed by atoms with Crippen LogP contribution in [0.2, 0.25) is 0 Å². The average molecular weight is 464 g/mol. The van der Waals surface area contributed by atoms with Crippen molar-refractivity contribution in [3.63, 3.8) is 0 Å². The van der Waals surface area contributed by atoms with E-state index in [1.54, 1.807) is 14.0 Å². The van der Waals surface area contributed by atoms with E-state index in [4.69, 9.17) is 0 Å². The van der Waals surface area contributed by atoms with Crippen LogP contribution in [0.25, 0.3) is 0 Å². The Morgan fingerprint density at radius 3 is 2.58 bits per heavy atom. The number of halogens is 3. The van der Waals surface area contributed by atoms with Gasteiger partial charge in [-0.1, -0.05) is 31.5 Å². The largest absolute Gasteiger partial charge is 0.416 e. The van der Waals surface area contributed by atoms with Crippen LogP contribution in [-0.4, -0.2) is 51.3 Å². The fourth-order valence-corrected chi connectivity index (χ4v) is 4.19. The molecule has 1 unspecified atom stereocenters. The summed E-state index contributed by atoms with van der Waals surface area (Å²) in [7, 11) is 1.54. The number of likely N-dealkylation sites (N-methyl/N-ethyl adjacent to an activating group) is 1. The molecule has 1 aromatic carbocycles. The highest BCUT2D eigenvalue weighted by Crippen LogP contribution is 2.42. The molecule has 7 nitrogen and oxygen atoms in total. The number of rotatable bonds is 8. The Labute approximate surface area is 189 Å². The Kier molecular flexibility index (Phi) is 6.94. The van der Waals surface area contributed by atoms with Crippen molar-refractivity contribution < 1.29 is 27.6 Å². The van der Waals surface area contributed by atoms with Crippen LogP contribution in [-0.2, 0) is 38.9 Å². The quantitative estimate of drug-likeness (QED) is 0.607. The number of nitrogens with zero attached hydrogens (tertiary/aromatic N) is 3. The highest BCUT2D eigenvalue weighted by Gasteiger charge is 2.54. The first-order chi connectivity index (χ1) is 15.5. The average Bonchev–Trinajstić information content (AvgIpc) is 3.29. The van der Waals surface area contributed by atoms with E-state index in [2.05, 4.69) is 10.2 Å². The summed E-state index contributed by atoms with van der Waals surface area (Å²) in [5, 5.41) is 7.05. The van der Waals surface area contributed by atoms with Crippen molar-refractivity contribution in [2.75, 3.05) is 13.6 Å². The number of aryl methyl sites for hydroxylation is 1. The summed E-state index contributed by atoms with van der Waals surface area (Å²) in [5.74, 6) is -1.62. The minimum atomic E-state index is -4.62. The maximum atomic E-state index is 13.3. The first-order valence-electron chi connectivity index (χ1n) is 10.8. The molecular weight excluding hydrogens is 437 g/mol. The van der Waals surface area contributed by atoms with Crippen molar-refractivity contribution in [3.8, 4) is 0 Å². The number of benzene rings is 1. The predicted octanol–water partition coefficient (Wildman–Crippen LogP) is 3.45. The fourth-order valence-electron chi connectivity index (χ4n) is 4.19. The fraction of sp³-hybridized carbons (Fsp3) is 0.478. The molecule has 2 aromatic rings. The summed E-state index contributed by atoms with van der Waals surface area (Å²) in [4.78, 5) is 41.3. The van der Waals surface area contributed by atoms with Gasteiger partial charge in [-0.05, 0) is 31.0 Å². The molecule has 0 radical (unpaired) electrons. The van der Waals surface area contributed by atoms with Crippen molar-refractivity contribution in [2.45, 2.75) is 57.7 Å². The molecule has 0 spiro atoms. The van der Waals surface area contributed by atoms with Crippen LogP contribution in [0.1, 0.15) is 55.6 Å². The molecular formula is C23H27F3N4O3. The Balaban J connectivity index is 1.91. The summed E-state index contributed by atoms with van der Waals surface area (Å²) in [6.45, 7) is 3.90. The van der Waals surface area contributed by atoms with Gasteiger partial charge in [-0.3, -0.25) is 24.4 Å². The number of imide groups is 1. The van der Waals surface area contributed by atoms with Gasteiger partial charge in [0, 0.05) is 26.4 Å². The number of amides is 3. The van der Waals surface area contributed by atoms with Crippen LogP contribution in [0, 0.1) is 0 Å². The monoisotopic (exact) mass is 464 g/mol.